The number of likely N-dealkylation sites (tertiary alicyclic amines) is 1. The van der Waals surface area contributed by atoms with Gasteiger partial charge in [-0.3, -0.25) is 4.79 Å². The van der Waals surface area contributed by atoms with E-state index in [1.807, 2.05) is 19.2 Å². The van der Waals surface area contributed by atoms with Crippen molar-refractivity contribution in [2.75, 3.05) is 24.5 Å². The van der Waals surface area contributed by atoms with Gasteiger partial charge >= 0.3 is 6.18 Å². The first-order chi connectivity index (χ1) is 16.2. The number of piperidine rings is 1. The van der Waals surface area contributed by atoms with Gasteiger partial charge in [-0.15, -0.1) is 0 Å². The summed E-state index contributed by atoms with van der Waals surface area (Å²) in [5.41, 5.74) is 7.07. The van der Waals surface area contributed by atoms with Gasteiger partial charge in [-0.25, -0.2) is 9.50 Å². The van der Waals surface area contributed by atoms with Crippen molar-refractivity contribution in [3.8, 4) is 0 Å². The summed E-state index contributed by atoms with van der Waals surface area (Å²) in [4.78, 5) is 21.8. The summed E-state index contributed by atoms with van der Waals surface area (Å²) in [7, 11) is 0. The lowest BCUT2D eigenvalue weighted by Crippen LogP contribution is -2.39. The molecule has 10 heteroatoms. The summed E-state index contributed by atoms with van der Waals surface area (Å²) in [5.74, 6) is 0.244. The van der Waals surface area contributed by atoms with Crippen molar-refractivity contribution >= 4 is 17.4 Å². The number of anilines is 1. The number of aromatic nitrogens is 3. The molecular weight excluding hydrogens is 445 g/mol. The summed E-state index contributed by atoms with van der Waals surface area (Å²) in [6, 6.07) is 6.52. The van der Waals surface area contributed by atoms with E-state index in [9.17, 15) is 18.0 Å². The van der Waals surface area contributed by atoms with Gasteiger partial charge in [-0.05, 0) is 44.7 Å². The van der Waals surface area contributed by atoms with E-state index in [1.54, 1.807) is 4.52 Å². The van der Waals surface area contributed by atoms with Crippen molar-refractivity contribution in [1.82, 2.24) is 19.5 Å². The predicted molar refractivity (Wildman–Crippen MR) is 122 cm³/mol. The number of hydrogen-bond acceptors (Lipinski definition) is 5. The SMILES string of the molecule is Cc1cn2nc([C@@H]3CCCCN3C(=O)c3ccccc3C(F)(F)F)cc2nc1N1CC[C@H](N)C1. The molecule has 0 aliphatic carbocycles. The van der Waals surface area contributed by atoms with Crippen LogP contribution in [0.1, 0.15) is 58.9 Å². The Morgan fingerprint density at radius 3 is 2.68 bits per heavy atom. The molecule has 2 N–H and O–H groups in total. The molecule has 4 heterocycles. The number of rotatable bonds is 3. The zero-order valence-electron chi connectivity index (χ0n) is 18.9. The van der Waals surface area contributed by atoms with Gasteiger partial charge in [0.15, 0.2) is 5.65 Å². The molecule has 180 valence electrons. The molecule has 3 aromatic rings. The van der Waals surface area contributed by atoms with Crippen LogP contribution in [0.4, 0.5) is 19.0 Å². The molecule has 2 atom stereocenters. The maximum absolute atomic E-state index is 13.6. The molecule has 0 radical (unpaired) electrons. The Morgan fingerprint density at radius 2 is 1.94 bits per heavy atom. The molecular formula is C24H27F3N6O. The van der Waals surface area contributed by atoms with E-state index in [0.29, 0.717) is 24.3 Å². The summed E-state index contributed by atoms with van der Waals surface area (Å²) < 4.78 is 42.4. The van der Waals surface area contributed by atoms with Crippen LogP contribution >= 0.6 is 0 Å². The first-order valence-electron chi connectivity index (χ1n) is 11.6. The third-order valence-corrected chi connectivity index (χ3v) is 6.72. The molecule has 2 fully saturated rings. The quantitative estimate of drug-likeness (QED) is 0.624. The van der Waals surface area contributed by atoms with Gasteiger partial charge in [-0.2, -0.15) is 18.3 Å². The van der Waals surface area contributed by atoms with Gasteiger partial charge < -0.3 is 15.5 Å². The molecule has 34 heavy (non-hydrogen) atoms. The molecule has 0 unspecified atom stereocenters. The highest BCUT2D eigenvalue weighted by molar-refractivity contribution is 5.96. The zero-order chi connectivity index (χ0) is 24.0. The first kappa shape index (κ1) is 22.6. The lowest BCUT2D eigenvalue weighted by atomic mass is 9.97. The number of amides is 1. The van der Waals surface area contributed by atoms with Crippen LogP contribution in [0, 0.1) is 6.92 Å². The Hall–Kier alpha value is -3.14. The molecule has 0 bridgehead atoms. The molecule has 0 spiro atoms. The fourth-order valence-corrected chi connectivity index (χ4v) is 5.04. The topological polar surface area (TPSA) is 79.8 Å². The Labute approximate surface area is 195 Å². The number of hydrogen-bond donors (Lipinski definition) is 1. The standard InChI is InChI=1S/C24H27F3N6O/c1-15-13-33-21(29-22(15)31-11-9-16(28)14-31)12-19(30-33)20-8-4-5-10-32(20)23(34)17-6-2-3-7-18(17)24(25,26)27/h2-3,6-7,12-13,16,20H,4-5,8-11,14,28H2,1H3/t16-,20-/m0/s1. The monoisotopic (exact) mass is 472 g/mol. The van der Waals surface area contributed by atoms with Crippen molar-refractivity contribution < 1.29 is 18.0 Å². The predicted octanol–water partition coefficient (Wildman–Crippen LogP) is 3.96. The Bertz CT molecular complexity index is 1220. The highest BCUT2D eigenvalue weighted by Gasteiger charge is 2.38. The van der Waals surface area contributed by atoms with E-state index in [1.165, 1.54) is 23.1 Å². The number of nitrogens with zero attached hydrogens (tertiary/aromatic N) is 5. The lowest BCUT2D eigenvalue weighted by Gasteiger charge is -2.35. The molecule has 7 nitrogen and oxygen atoms in total. The number of fused-ring (bicyclic) bond motifs is 1. The van der Waals surface area contributed by atoms with E-state index in [-0.39, 0.29) is 11.6 Å². The van der Waals surface area contributed by atoms with E-state index < -0.39 is 23.7 Å². The zero-order valence-corrected chi connectivity index (χ0v) is 18.9. The number of benzene rings is 1. The van der Waals surface area contributed by atoms with Crippen LogP contribution in [-0.4, -0.2) is 51.1 Å². The molecule has 5 rings (SSSR count). The number of carbonyl (C=O) groups excluding carboxylic acids is 1. The fraction of sp³-hybridized carbons (Fsp3) is 0.458. The minimum atomic E-state index is -4.60. The number of nitrogens with two attached hydrogens (primary N) is 1. The highest BCUT2D eigenvalue weighted by atomic mass is 19.4. The number of alkyl halides is 3. The third-order valence-electron chi connectivity index (χ3n) is 6.72. The average molecular weight is 473 g/mol. The minimum absolute atomic E-state index is 0.124. The third kappa shape index (κ3) is 4.11. The molecule has 1 aromatic carbocycles. The van der Waals surface area contributed by atoms with Gasteiger partial charge in [0, 0.05) is 43.5 Å². The average Bonchev–Trinajstić information content (AvgIpc) is 3.43. The van der Waals surface area contributed by atoms with Crippen LogP contribution < -0.4 is 10.6 Å². The molecule has 2 aliphatic heterocycles. The normalized spacial score (nSPS) is 21.4. The lowest BCUT2D eigenvalue weighted by molar-refractivity contribution is -0.138. The fourth-order valence-electron chi connectivity index (χ4n) is 5.04. The van der Waals surface area contributed by atoms with Crippen LogP contribution in [0.5, 0.6) is 0 Å². The molecule has 2 aliphatic rings. The minimum Gasteiger partial charge on any atom is -0.355 e. The number of halogens is 3. The van der Waals surface area contributed by atoms with Gasteiger partial charge in [-0.1, -0.05) is 12.1 Å². The summed E-state index contributed by atoms with van der Waals surface area (Å²) in [6.45, 7) is 3.94. The second-order valence-corrected chi connectivity index (χ2v) is 9.17. The van der Waals surface area contributed by atoms with Gasteiger partial charge in [0.2, 0.25) is 0 Å². The Morgan fingerprint density at radius 1 is 1.15 bits per heavy atom. The van der Waals surface area contributed by atoms with Gasteiger partial charge in [0.1, 0.15) is 5.82 Å². The van der Waals surface area contributed by atoms with Crippen molar-refractivity contribution in [1.29, 1.82) is 0 Å². The number of carbonyl (C=O) groups is 1. The summed E-state index contributed by atoms with van der Waals surface area (Å²) in [5, 5.41) is 4.67. The smallest absolute Gasteiger partial charge is 0.355 e. The van der Waals surface area contributed by atoms with Crippen LogP contribution in [0.3, 0.4) is 0 Å². The van der Waals surface area contributed by atoms with Crippen molar-refractivity contribution in [2.24, 2.45) is 5.73 Å². The maximum Gasteiger partial charge on any atom is 0.417 e. The van der Waals surface area contributed by atoms with Crippen LogP contribution in [0.25, 0.3) is 5.65 Å². The number of aryl methyl sites for hydroxylation is 1. The van der Waals surface area contributed by atoms with Gasteiger partial charge in [0.25, 0.3) is 5.91 Å². The van der Waals surface area contributed by atoms with Crippen LogP contribution in [0.2, 0.25) is 0 Å². The molecule has 0 saturated carbocycles. The molecule has 2 saturated heterocycles. The van der Waals surface area contributed by atoms with Crippen LogP contribution in [-0.2, 0) is 6.18 Å². The van der Waals surface area contributed by atoms with Crippen molar-refractivity contribution in [3.05, 3.63) is 58.9 Å². The summed E-state index contributed by atoms with van der Waals surface area (Å²) in [6.07, 6.45) is 0.453. The maximum atomic E-state index is 13.6. The second kappa shape index (κ2) is 8.57. The Kier molecular flexibility index (Phi) is 5.71. The van der Waals surface area contributed by atoms with Gasteiger partial charge in [0.05, 0.1) is 22.9 Å². The largest absolute Gasteiger partial charge is 0.417 e. The second-order valence-electron chi connectivity index (χ2n) is 9.17. The molecule has 1 amide bonds. The van der Waals surface area contributed by atoms with Crippen LogP contribution in [0.15, 0.2) is 36.5 Å². The Balaban J connectivity index is 1.49. The van der Waals surface area contributed by atoms with E-state index >= 15 is 0 Å². The van der Waals surface area contributed by atoms with Crippen molar-refractivity contribution in [3.63, 3.8) is 0 Å². The highest BCUT2D eigenvalue weighted by Crippen LogP contribution is 2.36. The first-order valence-corrected chi connectivity index (χ1v) is 11.6. The van der Waals surface area contributed by atoms with E-state index in [0.717, 1.165) is 49.8 Å². The summed E-state index contributed by atoms with van der Waals surface area (Å²) >= 11 is 0. The van der Waals surface area contributed by atoms with Crippen molar-refractivity contribution in [2.45, 2.75) is 50.9 Å². The van der Waals surface area contributed by atoms with E-state index in [2.05, 4.69) is 10.00 Å². The molecule has 2 aromatic heterocycles. The van der Waals surface area contributed by atoms with E-state index in [4.69, 9.17) is 10.7 Å².